The van der Waals surface area contributed by atoms with Gasteiger partial charge in [0.1, 0.15) is 6.61 Å². The number of rotatable bonds is 3. The molecule has 0 radical (unpaired) electrons. The SMILES string of the molecule is C=CCOC(=O)NC1CCCC1O. The molecule has 0 aliphatic heterocycles. The Morgan fingerprint density at radius 1 is 1.69 bits per heavy atom. The van der Waals surface area contributed by atoms with Crippen LogP contribution in [-0.4, -0.2) is 30.0 Å². The van der Waals surface area contributed by atoms with Gasteiger partial charge in [0.05, 0.1) is 12.1 Å². The number of hydrogen-bond acceptors (Lipinski definition) is 3. The van der Waals surface area contributed by atoms with Crippen LogP contribution < -0.4 is 5.32 Å². The Labute approximate surface area is 77.6 Å². The van der Waals surface area contributed by atoms with Gasteiger partial charge in [-0.3, -0.25) is 0 Å². The zero-order valence-corrected chi connectivity index (χ0v) is 7.53. The predicted octanol–water partition coefficient (Wildman–Crippen LogP) is 0.812. The Balaban J connectivity index is 2.22. The molecule has 2 unspecified atom stereocenters. The zero-order chi connectivity index (χ0) is 9.68. The average Bonchev–Trinajstić information content (AvgIpc) is 2.48. The predicted molar refractivity (Wildman–Crippen MR) is 48.3 cm³/mol. The van der Waals surface area contributed by atoms with Crippen molar-refractivity contribution in [3.63, 3.8) is 0 Å². The van der Waals surface area contributed by atoms with Crippen LogP contribution >= 0.6 is 0 Å². The molecule has 0 aromatic carbocycles. The van der Waals surface area contributed by atoms with Gasteiger partial charge in [-0.1, -0.05) is 12.7 Å². The fourth-order valence-electron chi connectivity index (χ4n) is 1.44. The van der Waals surface area contributed by atoms with Crippen LogP contribution in [0, 0.1) is 0 Å². The van der Waals surface area contributed by atoms with Gasteiger partial charge >= 0.3 is 6.09 Å². The number of amides is 1. The summed E-state index contributed by atoms with van der Waals surface area (Å²) >= 11 is 0. The molecule has 2 atom stereocenters. The van der Waals surface area contributed by atoms with Gasteiger partial charge in [-0.2, -0.15) is 0 Å². The summed E-state index contributed by atoms with van der Waals surface area (Å²) in [6, 6.07) is -0.141. The molecule has 1 amide bonds. The maximum Gasteiger partial charge on any atom is 0.407 e. The third-order valence-electron chi connectivity index (χ3n) is 2.12. The van der Waals surface area contributed by atoms with Crippen LogP contribution in [0.5, 0.6) is 0 Å². The molecule has 0 saturated heterocycles. The second-order valence-corrected chi connectivity index (χ2v) is 3.14. The van der Waals surface area contributed by atoms with Crippen molar-refractivity contribution in [1.82, 2.24) is 5.32 Å². The third kappa shape index (κ3) is 3.06. The number of carbonyl (C=O) groups is 1. The van der Waals surface area contributed by atoms with Crippen molar-refractivity contribution in [2.75, 3.05) is 6.61 Å². The van der Waals surface area contributed by atoms with Crippen LogP contribution in [0.4, 0.5) is 4.79 Å². The van der Waals surface area contributed by atoms with E-state index in [1.807, 2.05) is 0 Å². The van der Waals surface area contributed by atoms with Crippen LogP contribution in [0.2, 0.25) is 0 Å². The molecule has 0 heterocycles. The summed E-state index contributed by atoms with van der Waals surface area (Å²) in [5.74, 6) is 0. The van der Waals surface area contributed by atoms with Crippen LogP contribution in [0.3, 0.4) is 0 Å². The normalized spacial score (nSPS) is 26.8. The molecule has 1 aliphatic carbocycles. The van der Waals surface area contributed by atoms with Crippen LogP contribution in [-0.2, 0) is 4.74 Å². The molecule has 1 aliphatic rings. The highest BCUT2D eigenvalue weighted by Gasteiger charge is 2.26. The van der Waals surface area contributed by atoms with E-state index in [1.165, 1.54) is 6.08 Å². The average molecular weight is 185 g/mol. The van der Waals surface area contributed by atoms with E-state index < -0.39 is 12.2 Å². The minimum atomic E-state index is -0.481. The van der Waals surface area contributed by atoms with E-state index in [4.69, 9.17) is 4.74 Å². The van der Waals surface area contributed by atoms with Crippen LogP contribution in [0.1, 0.15) is 19.3 Å². The van der Waals surface area contributed by atoms with Crippen molar-refractivity contribution >= 4 is 6.09 Å². The van der Waals surface area contributed by atoms with E-state index in [2.05, 4.69) is 11.9 Å². The van der Waals surface area contributed by atoms with E-state index in [0.717, 1.165) is 19.3 Å². The van der Waals surface area contributed by atoms with E-state index in [9.17, 15) is 9.90 Å². The molecule has 4 heteroatoms. The van der Waals surface area contributed by atoms with Gasteiger partial charge in [-0.05, 0) is 19.3 Å². The van der Waals surface area contributed by atoms with E-state index >= 15 is 0 Å². The second-order valence-electron chi connectivity index (χ2n) is 3.14. The first-order chi connectivity index (χ1) is 6.24. The van der Waals surface area contributed by atoms with Gasteiger partial charge in [0.2, 0.25) is 0 Å². The number of aliphatic hydroxyl groups is 1. The molecule has 1 saturated carbocycles. The minimum Gasteiger partial charge on any atom is -0.445 e. The lowest BCUT2D eigenvalue weighted by atomic mass is 10.2. The van der Waals surface area contributed by atoms with Gasteiger partial charge in [0, 0.05) is 0 Å². The molecule has 4 nitrogen and oxygen atoms in total. The second kappa shape index (κ2) is 4.87. The summed E-state index contributed by atoms with van der Waals surface area (Å²) in [4.78, 5) is 11.0. The van der Waals surface area contributed by atoms with Crippen molar-refractivity contribution in [2.45, 2.75) is 31.4 Å². The maximum absolute atomic E-state index is 11.0. The first-order valence-electron chi connectivity index (χ1n) is 4.46. The standard InChI is InChI=1S/C9H15NO3/c1-2-6-13-9(12)10-7-4-3-5-8(7)11/h2,7-8,11H,1,3-6H2,(H,10,12). The summed E-state index contributed by atoms with van der Waals surface area (Å²) in [7, 11) is 0. The van der Waals surface area contributed by atoms with Gasteiger partial charge in [-0.25, -0.2) is 4.79 Å². The summed E-state index contributed by atoms with van der Waals surface area (Å²) in [5, 5.41) is 12.0. The molecule has 13 heavy (non-hydrogen) atoms. The van der Waals surface area contributed by atoms with Crippen molar-refractivity contribution in [2.24, 2.45) is 0 Å². The fraction of sp³-hybridized carbons (Fsp3) is 0.667. The van der Waals surface area contributed by atoms with Crippen LogP contribution in [0.15, 0.2) is 12.7 Å². The number of hydrogen-bond donors (Lipinski definition) is 2. The first kappa shape index (κ1) is 10.1. The van der Waals surface area contributed by atoms with Crippen LogP contribution in [0.25, 0.3) is 0 Å². The molecule has 1 rings (SSSR count). The maximum atomic E-state index is 11.0. The Bertz CT molecular complexity index is 193. The third-order valence-corrected chi connectivity index (χ3v) is 2.12. The quantitative estimate of drug-likeness (QED) is 0.640. The van der Waals surface area contributed by atoms with Gasteiger partial charge in [0.15, 0.2) is 0 Å². The highest BCUT2D eigenvalue weighted by atomic mass is 16.5. The van der Waals surface area contributed by atoms with Gasteiger partial charge in [0.25, 0.3) is 0 Å². The number of alkyl carbamates (subject to hydrolysis) is 1. The molecule has 0 bridgehead atoms. The Morgan fingerprint density at radius 2 is 2.46 bits per heavy atom. The Morgan fingerprint density at radius 3 is 3.00 bits per heavy atom. The molecule has 74 valence electrons. The topological polar surface area (TPSA) is 58.6 Å². The van der Waals surface area contributed by atoms with E-state index in [0.29, 0.717) is 0 Å². The summed E-state index contributed by atoms with van der Waals surface area (Å²) < 4.78 is 4.72. The molecule has 2 N–H and O–H groups in total. The van der Waals surface area contributed by atoms with E-state index in [-0.39, 0.29) is 12.6 Å². The molecular weight excluding hydrogens is 170 g/mol. The summed E-state index contributed by atoms with van der Waals surface area (Å²) in [5.41, 5.74) is 0. The number of aliphatic hydroxyl groups excluding tert-OH is 1. The number of carbonyl (C=O) groups excluding carboxylic acids is 1. The summed E-state index contributed by atoms with van der Waals surface area (Å²) in [6.45, 7) is 3.63. The largest absolute Gasteiger partial charge is 0.445 e. The molecule has 0 aromatic rings. The Kier molecular flexibility index (Phi) is 3.76. The summed E-state index contributed by atoms with van der Waals surface area (Å²) in [6.07, 6.45) is 3.14. The monoisotopic (exact) mass is 185 g/mol. The zero-order valence-electron chi connectivity index (χ0n) is 7.53. The first-order valence-corrected chi connectivity index (χ1v) is 4.46. The lowest BCUT2D eigenvalue weighted by Gasteiger charge is -2.15. The molecule has 0 aromatic heterocycles. The lowest BCUT2D eigenvalue weighted by molar-refractivity contribution is 0.123. The Hall–Kier alpha value is -1.03. The van der Waals surface area contributed by atoms with Crippen molar-refractivity contribution in [3.05, 3.63) is 12.7 Å². The molecule has 0 spiro atoms. The van der Waals surface area contributed by atoms with Gasteiger partial charge < -0.3 is 15.2 Å². The minimum absolute atomic E-state index is 0.141. The molecule has 1 fully saturated rings. The highest BCUT2D eigenvalue weighted by molar-refractivity contribution is 5.67. The van der Waals surface area contributed by atoms with Crippen molar-refractivity contribution in [1.29, 1.82) is 0 Å². The van der Waals surface area contributed by atoms with E-state index in [1.54, 1.807) is 0 Å². The number of ether oxygens (including phenoxy) is 1. The smallest absolute Gasteiger partial charge is 0.407 e. The molecular formula is C9H15NO3. The van der Waals surface area contributed by atoms with Gasteiger partial charge in [-0.15, -0.1) is 0 Å². The number of nitrogens with one attached hydrogen (secondary N) is 1. The lowest BCUT2D eigenvalue weighted by Crippen LogP contribution is -2.40. The fourth-order valence-corrected chi connectivity index (χ4v) is 1.44. The highest BCUT2D eigenvalue weighted by Crippen LogP contribution is 2.18. The van der Waals surface area contributed by atoms with Crippen molar-refractivity contribution in [3.8, 4) is 0 Å². The van der Waals surface area contributed by atoms with Crippen molar-refractivity contribution < 1.29 is 14.6 Å².